The van der Waals surface area contributed by atoms with Crippen LogP contribution in [0.25, 0.3) is 0 Å². The van der Waals surface area contributed by atoms with Crippen LogP contribution in [-0.2, 0) is 15.5 Å². The molecule has 0 fully saturated rings. The molecule has 0 aliphatic rings. The predicted octanol–water partition coefficient (Wildman–Crippen LogP) is 3.14. The van der Waals surface area contributed by atoms with Gasteiger partial charge >= 0.3 is 11.9 Å². The zero-order valence-electron chi connectivity index (χ0n) is 14.1. The molecule has 0 spiro atoms. The van der Waals surface area contributed by atoms with Crippen molar-refractivity contribution in [1.29, 1.82) is 0 Å². The van der Waals surface area contributed by atoms with Crippen LogP contribution in [0, 0.1) is 5.92 Å². The summed E-state index contributed by atoms with van der Waals surface area (Å²) in [4.78, 5) is 24.0. The Kier molecular flexibility index (Phi) is 7.13. The first-order valence-electron chi connectivity index (χ1n) is 7.81. The van der Waals surface area contributed by atoms with Gasteiger partial charge in [0.2, 0.25) is 0 Å². The van der Waals surface area contributed by atoms with Crippen molar-refractivity contribution < 1.29 is 28.2 Å². The maximum Gasteiger partial charge on any atom is 0.353 e. The number of hydrogen-bond acceptors (Lipinski definition) is 3. The number of benzene rings is 1. The van der Waals surface area contributed by atoms with E-state index in [4.69, 9.17) is 9.84 Å². The number of para-hydroxylation sites is 1. The van der Waals surface area contributed by atoms with Gasteiger partial charge in [-0.2, -0.15) is 8.78 Å². The number of carboxylic acids is 1. The lowest BCUT2D eigenvalue weighted by molar-refractivity contribution is -0.160. The minimum absolute atomic E-state index is 0.0541. The second kappa shape index (κ2) is 8.61. The number of carbonyl (C=O) groups excluding carboxylic acids is 1. The molecule has 1 rings (SSSR count). The van der Waals surface area contributed by atoms with E-state index in [1.807, 2.05) is 0 Å². The van der Waals surface area contributed by atoms with Crippen molar-refractivity contribution in [3.63, 3.8) is 0 Å². The SMILES string of the molecule is CCOc1ccccc1C(F)(F)C(=O)N(CCC(=O)O)CC(C)C. The molecule has 134 valence electrons. The van der Waals surface area contributed by atoms with Gasteiger partial charge < -0.3 is 14.7 Å². The Morgan fingerprint density at radius 2 is 1.92 bits per heavy atom. The van der Waals surface area contributed by atoms with Gasteiger partial charge in [-0.3, -0.25) is 9.59 Å². The number of hydrogen-bond donors (Lipinski definition) is 1. The van der Waals surface area contributed by atoms with Crippen LogP contribution in [0.4, 0.5) is 8.78 Å². The number of nitrogens with zero attached hydrogens (tertiary/aromatic N) is 1. The second-order valence-corrected chi connectivity index (χ2v) is 5.79. The number of aliphatic carboxylic acids is 1. The highest BCUT2D eigenvalue weighted by Gasteiger charge is 2.46. The third kappa shape index (κ3) is 5.18. The van der Waals surface area contributed by atoms with Gasteiger partial charge in [-0.1, -0.05) is 26.0 Å². The Morgan fingerprint density at radius 1 is 1.29 bits per heavy atom. The molecular formula is C17H23F2NO4. The van der Waals surface area contributed by atoms with Crippen molar-refractivity contribution in [1.82, 2.24) is 4.90 Å². The van der Waals surface area contributed by atoms with Gasteiger partial charge in [0.25, 0.3) is 5.91 Å². The minimum Gasteiger partial charge on any atom is -0.493 e. The normalized spacial score (nSPS) is 11.4. The van der Waals surface area contributed by atoms with Crippen molar-refractivity contribution in [2.75, 3.05) is 19.7 Å². The Labute approximate surface area is 140 Å². The van der Waals surface area contributed by atoms with Gasteiger partial charge in [0.1, 0.15) is 5.75 Å². The number of amides is 1. The molecule has 0 heterocycles. The fraction of sp³-hybridized carbons (Fsp3) is 0.529. The Balaban J connectivity index is 3.12. The molecule has 0 aromatic heterocycles. The molecule has 7 heteroatoms. The van der Waals surface area contributed by atoms with E-state index in [2.05, 4.69) is 0 Å². The lowest BCUT2D eigenvalue weighted by atomic mass is 10.0. The quantitative estimate of drug-likeness (QED) is 0.748. The lowest BCUT2D eigenvalue weighted by Crippen LogP contribution is -2.44. The summed E-state index contributed by atoms with van der Waals surface area (Å²) in [6.45, 7) is 5.18. The Morgan fingerprint density at radius 3 is 2.46 bits per heavy atom. The summed E-state index contributed by atoms with van der Waals surface area (Å²) >= 11 is 0. The van der Waals surface area contributed by atoms with E-state index < -0.39 is 23.4 Å². The first kappa shape index (κ1) is 19.9. The molecule has 5 nitrogen and oxygen atoms in total. The summed E-state index contributed by atoms with van der Waals surface area (Å²) in [7, 11) is 0. The van der Waals surface area contributed by atoms with Crippen molar-refractivity contribution in [3.8, 4) is 5.75 Å². The van der Waals surface area contributed by atoms with Crippen molar-refractivity contribution in [2.24, 2.45) is 5.92 Å². The fourth-order valence-corrected chi connectivity index (χ4v) is 2.27. The van der Waals surface area contributed by atoms with E-state index >= 15 is 0 Å². The maximum absolute atomic E-state index is 14.7. The van der Waals surface area contributed by atoms with Gasteiger partial charge in [-0.25, -0.2) is 0 Å². The first-order chi connectivity index (χ1) is 11.2. The number of carbonyl (C=O) groups is 2. The highest BCUT2D eigenvalue weighted by Crippen LogP contribution is 2.36. The van der Waals surface area contributed by atoms with Gasteiger partial charge in [-0.15, -0.1) is 0 Å². The van der Waals surface area contributed by atoms with Gasteiger partial charge in [0.05, 0.1) is 18.6 Å². The number of rotatable bonds is 9. The molecule has 1 aromatic rings. The highest BCUT2D eigenvalue weighted by atomic mass is 19.3. The zero-order chi connectivity index (χ0) is 18.3. The van der Waals surface area contributed by atoms with E-state index in [0.29, 0.717) is 0 Å². The standard InChI is InChI=1S/C17H23F2NO4/c1-4-24-14-8-6-5-7-13(14)17(18,19)16(23)20(11-12(2)3)10-9-15(21)22/h5-8,12H,4,9-11H2,1-3H3,(H,21,22). The summed E-state index contributed by atoms with van der Waals surface area (Å²) in [6, 6.07) is 5.48. The maximum atomic E-state index is 14.7. The van der Waals surface area contributed by atoms with Crippen LogP contribution in [0.3, 0.4) is 0 Å². The average molecular weight is 343 g/mol. The van der Waals surface area contributed by atoms with E-state index in [-0.39, 0.29) is 37.8 Å². The van der Waals surface area contributed by atoms with Gasteiger partial charge in [0.15, 0.2) is 0 Å². The van der Waals surface area contributed by atoms with Crippen LogP contribution in [0.1, 0.15) is 32.8 Å². The number of halogens is 2. The third-order valence-electron chi connectivity index (χ3n) is 3.26. The van der Waals surface area contributed by atoms with Crippen LogP contribution in [-0.4, -0.2) is 41.6 Å². The minimum atomic E-state index is -3.79. The van der Waals surface area contributed by atoms with Crippen LogP contribution < -0.4 is 4.74 Å². The Bertz CT molecular complexity index is 575. The highest BCUT2D eigenvalue weighted by molar-refractivity contribution is 5.86. The summed E-state index contributed by atoms with van der Waals surface area (Å²) in [5.74, 6) is -6.47. The summed E-state index contributed by atoms with van der Waals surface area (Å²) in [5.41, 5.74) is -0.513. The molecule has 0 saturated carbocycles. The third-order valence-corrected chi connectivity index (χ3v) is 3.26. The number of ether oxygens (including phenoxy) is 1. The summed E-state index contributed by atoms with van der Waals surface area (Å²) in [5, 5.41) is 8.77. The molecule has 0 unspecified atom stereocenters. The number of carboxylic acid groups (broad SMARTS) is 1. The molecule has 0 bridgehead atoms. The summed E-state index contributed by atoms with van der Waals surface area (Å²) < 4.78 is 34.7. The van der Waals surface area contributed by atoms with E-state index in [0.717, 1.165) is 11.0 Å². The smallest absolute Gasteiger partial charge is 0.353 e. The molecule has 24 heavy (non-hydrogen) atoms. The van der Waals surface area contributed by atoms with Crippen molar-refractivity contribution >= 4 is 11.9 Å². The fourth-order valence-electron chi connectivity index (χ4n) is 2.27. The van der Waals surface area contributed by atoms with Crippen molar-refractivity contribution in [3.05, 3.63) is 29.8 Å². The summed E-state index contributed by atoms with van der Waals surface area (Å²) in [6.07, 6.45) is -0.387. The first-order valence-corrected chi connectivity index (χ1v) is 7.81. The topological polar surface area (TPSA) is 66.8 Å². The zero-order valence-corrected chi connectivity index (χ0v) is 14.1. The Hall–Kier alpha value is -2.18. The molecule has 1 amide bonds. The molecule has 0 aliphatic heterocycles. The molecular weight excluding hydrogens is 320 g/mol. The van der Waals surface area contributed by atoms with Crippen molar-refractivity contribution in [2.45, 2.75) is 33.1 Å². The van der Waals surface area contributed by atoms with E-state index in [9.17, 15) is 18.4 Å². The molecule has 0 radical (unpaired) electrons. The molecule has 1 N–H and O–H groups in total. The van der Waals surface area contributed by atoms with Crippen LogP contribution in [0.2, 0.25) is 0 Å². The van der Waals surface area contributed by atoms with Crippen LogP contribution in [0.5, 0.6) is 5.75 Å². The molecule has 1 aromatic carbocycles. The molecule has 0 aliphatic carbocycles. The second-order valence-electron chi connectivity index (χ2n) is 5.79. The lowest BCUT2D eigenvalue weighted by Gasteiger charge is -2.29. The van der Waals surface area contributed by atoms with E-state index in [1.165, 1.54) is 12.1 Å². The number of alkyl halides is 2. The average Bonchev–Trinajstić information content (AvgIpc) is 2.51. The van der Waals surface area contributed by atoms with Crippen LogP contribution >= 0.6 is 0 Å². The van der Waals surface area contributed by atoms with Crippen LogP contribution in [0.15, 0.2) is 24.3 Å². The molecule has 0 saturated heterocycles. The van der Waals surface area contributed by atoms with Gasteiger partial charge in [0, 0.05) is 13.1 Å². The largest absolute Gasteiger partial charge is 0.493 e. The van der Waals surface area contributed by atoms with E-state index in [1.54, 1.807) is 26.8 Å². The monoisotopic (exact) mass is 343 g/mol. The molecule has 0 atom stereocenters. The van der Waals surface area contributed by atoms with Gasteiger partial charge in [-0.05, 0) is 25.0 Å². The predicted molar refractivity (Wildman–Crippen MR) is 85.2 cm³/mol.